The lowest BCUT2D eigenvalue weighted by Gasteiger charge is -2.12. The van der Waals surface area contributed by atoms with Crippen LogP contribution in [-0.4, -0.2) is 11.1 Å². The smallest absolute Gasteiger partial charge is 0.416 e. The zero-order valence-electron chi connectivity index (χ0n) is 11.9. The number of aromatic carboxylic acids is 1. The molecule has 0 bridgehead atoms. The Balaban J connectivity index is 1.73. The highest BCUT2D eigenvalue weighted by Crippen LogP contribution is 2.34. The van der Waals surface area contributed by atoms with Crippen molar-refractivity contribution in [2.24, 2.45) is 0 Å². The zero-order valence-corrected chi connectivity index (χ0v) is 11.9. The predicted octanol–water partition coefficient (Wildman–Crippen LogP) is 3.72. The molecule has 1 saturated heterocycles. The van der Waals surface area contributed by atoms with Crippen molar-refractivity contribution in [1.29, 1.82) is 0 Å². The van der Waals surface area contributed by atoms with Crippen LogP contribution in [0.15, 0.2) is 48.5 Å². The molecular formula is C15H10F3NO5. The summed E-state index contributed by atoms with van der Waals surface area (Å²) in [5, 5.41) is 9.79. The first-order valence-corrected chi connectivity index (χ1v) is 6.65. The first-order valence-electron chi connectivity index (χ1n) is 6.65. The highest BCUT2D eigenvalue weighted by molar-refractivity contribution is 5.88. The minimum atomic E-state index is -4.43. The molecule has 1 unspecified atom stereocenters. The van der Waals surface area contributed by atoms with Crippen LogP contribution in [0.25, 0.3) is 0 Å². The van der Waals surface area contributed by atoms with Crippen LogP contribution in [0.2, 0.25) is 0 Å². The molecule has 0 spiro atoms. The van der Waals surface area contributed by atoms with Gasteiger partial charge in [-0.25, -0.2) is 9.63 Å². The van der Waals surface area contributed by atoms with Gasteiger partial charge in [-0.15, -0.1) is 0 Å². The molecule has 0 aromatic heterocycles. The Morgan fingerprint density at radius 2 is 1.83 bits per heavy atom. The van der Waals surface area contributed by atoms with E-state index in [2.05, 4.69) is 0 Å². The quantitative estimate of drug-likeness (QED) is 0.858. The Labute approximate surface area is 133 Å². The molecule has 1 heterocycles. The number of rotatable bonds is 3. The monoisotopic (exact) mass is 341 g/mol. The molecule has 1 N–H and O–H groups in total. The number of carboxylic acid groups (broad SMARTS) is 1. The molecule has 9 heteroatoms. The topological polar surface area (TPSA) is 68.2 Å². The summed E-state index contributed by atoms with van der Waals surface area (Å²) in [5.74, 6) is -1.13. The van der Waals surface area contributed by atoms with Gasteiger partial charge in [-0.3, -0.25) is 0 Å². The van der Waals surface area contributed by atoms with E-state index in [1.165, 1.54) is 36.4 Å². The second-order valence-electron chi connectivity index (χ2n) is 4.84. The minimum absolute atomic E-state index is 0.0117. The fraction of sp³-hybridized carbons (Fsp3) is 0.133. The molecule has 1 atom stereocenters. The molecule has 0 radical (unpaired) electrons. The van der Waals surface area contributed by atoms with E-state index >= 15 is 0 Å². The number of carboxylic acids is 1. The third kappa shape index (κ3) is 3.32. The fourth-order valence-corrected chi connectivity index (χ4v) is 2.00. The highest BCUT2D eigenvalue weighted by Gasteiger charge is 2.32. The number of nitrogens with zero attached hydrogens (tertiary/aromatic N) is 1. The van der Waals surface area contributed by atoms with Crippen LogP contribution in [-0.2, 0) is 20.9 Å². The Morgan fingerprint density at radius 1 is 1.12 bits per heavy atom. The second kappa shape index (κ2) is 6.11. The van der Waals surface area contributed by atoms with Gasteiger partial charge in [-0.05, 0) is 30.3 Å². The lowest BCUT2D eigenvalue weighted by molar-refractivity contribution is -0.286. The third-order valence-corrected chi connectivity index (χ3v) is 3.20. The average Bonchev–Trinajstić information content (AvgIpc) is 3.04. The molecule has 0 aliphatic carbocycles. The molecule has 1 aliphatic rings. The SMILES string of the molecule is O=C(O)c1cccc(N2OOC(c3ccc(C(F)(F)F)cc3)O2)c1. The maximum absolute atomic E-state index is 12.5. The summed E-state index contributed by atoms with van der Waals surface area (Å²) < 4.78 is 37.6. The van der Waals surface area contributed by atoms with E-state index in [9.17, 15) is 18.0 Å². The van der Waals surface area contributed by atoms with E-state index in [-0.39, 0.29) is 11.3 Å². The van der Waals surface area contributed by atoms with Gasteiger partial charge in [0.2, 0.25) is 6.29 Å². The Bertz CT molecular complexity index is 748. The molecule has 1 aliphatic heterocycles. The molecule has 6 nitrogen and oxygen atoms in total. The summed E-state index contributed by atoms with van der Waals surface area (Å²) in [7, 11) is 0. The third-order valence-electron chi connectivity index (χ3n) is 3.20. The molecule has 126 valence electrons. The van der Waals surface area contributed by atoms with Crippen molar-refractivity contribution in [3.05, 3.63) is 65.2 Å². The molecule has 3 rings (SSSR count). The number of carbonyl (C=O) groups is 1. The van der Waals surface area contributed by atoms with Crippen LogP contribution in [0.5, 0.6) is 0 Å². The van der Waals surface area contributed by atoms with Gasteiger partial charge in [0, 0.05) is 5.56 Å². The summed E-state index contributed by atoms with van der Waals surface area (Å²) in [4.78, 5) is 26.0. The van der Waals surface area contributed by atoms with E-state index in [1.807, 2.05) is 0 Å². The van der Waals surface area contributed by atoms with Crippen molar-refractivity contribution in [3.63, 3.8) is 0 Å². The number of hydrogen-bond donors (Lipinski definition) is 1. The number of anilines is 1. The molecular weight excluding hydrogens is 331 g/mol. The van der Waals surface area contributed by atoms with Crippen molar-refractivity contribution < 1.29 is 37.8 Å². The van der Waals surface area contributed by atoms with Gasteiger partial charge in [0.25, 0.3) is 0 Å². The van der Waals surface area contributed by atoms with E-state index < -0.39 is 24.0 Å². The summed E-state index contributed by atoms with van der Waals surface area (Å²) in [6.07, 6.45) is -5.52. The van der Waals surface area contributed by atoms with Crippen molar-refractivity contribution >= 4 is 11.7 Å². The molecule has 2 aromatic carbocycles. The van der Waals surface area contributed by atoms with Crippen LogP contribution in [0, 0.1) is 0 Å². The molecule has 24 heavy (non-hydrogen) atoms. The van der Waals surface area contributed by atoms with Crippen LogP contribution in [0.1, 0.15) is 27.8 Å². The first-order chi connectivity index (χ1) is 11.3. The van der Waals surface area contributed by atoms with Crippen LogP contribution >= 0.6 is 0 Å². The van der Waals surface area contributed by atoms with E-state index in [4.69, 9.17) is 19.8 Å². The lowest BCUT2D eigenvalue weighted by Crippen LogP contribution is -2.15. The average molecular weight is 341 g/mol. The highest BCUT2D eigenvalue weighted by atomic mass is 19.4. The zero-order chi connectivity index (χ0) is 17.3. The van der Waals surface area contributed by atoms with Gasteiger partial charge in [-0.1, -0.05) is 28.4 Å². The van der Waals surface area contributed by atoms with Crippen molar-refractivity contribution in [1.82, 2.24) is 0 Å². The van der Waals surface area contributed by atoms with Crippen molar-refractivity contribution in [2.45, 2.75) is 12.5 Å². The maximum atomic E-state index is 12.5. The van der Waals surface area contributed by atoms with Gasteiger partial charge < -0.3 is 5.11 Å². The van der Waals surface area contributed by atoms with Crippen LogP contribution < -0.4 is 5.23 Å². The summed E-state index contributed by atoms with van der Waals surface area (Å²) in [5.41, 5.74) is -0.224. The Morgan fingerprint density at radius 3 is 2.46 bits per heavy atom. The van der Waals surface area contributed by atoms with Gasteiger partial charge in [0.1, 0.15) is 0 Å². The number of halogens is 3. The number of hydrogen-bond acceptors (Lipinski definition) is 5. The number of benzene rings is 2. The van der Waals surface area contributed by atoms with Gasteiger partial charge in [0.15, 0.2) is 0 Å². The summed E-state index contributed by atoms with van der Waals surface area (Å²) in [6, 6.07) is 9.88. The maximum Gasteiger partial charge on any atom is 0.416 e. The summed E-state index contributed by atoms with van der Waals surface area (Å²) in [6.45, 7) is 0. The van der Waals surface area contributed by atoms with Crippen molar-refractivity contribution in [3.8, 4) is 0 Å². The van der Waals surface area contributed by atoms with E-state index in [1.54, 1.807) is 0 Å². The normalized spacial score (nSPS) is 18.0. The molecule has 2 aromatic rings. The number of alkyl halides is 3. The Hall–Kier alpha value is -2.62. The van der Waals surface area contributed by atoms with E-state index in [0.29, 0.717) is 5.56 Å². The lowest BCUT2D eigenvalue weighted by atomic mass is 10.1. The van der Waals surface area contributed by atoms with Crippen molar-refractivity contribution in [2.75, 3.05) is 5.23 Å². The molecule has 1 fully saturated rings. The van der Waals surface area contributed by atoms with Gasteiger partial charge in [-0.2, -0.15) is 18.1 Å². The fourth-order valence-electron chi connectivity index (χ4n) is 2.00. The largest absolute Gasteiger partial charge is 0.478 e. The Kier molecular flexibility index (Phi) is 4.14. The first kappa shape index (κ1) is 16.2. The second-order valence-corrected chi connectivity index (χ2v) is 4.84. The van der Waals surface area contributed by atoms with Gasteiger partial charge in [0.05, 0.1) is 16.8 Å². The van der Waals surface area contributed by atoms with Crippen LogP contribution in [0.3, 0.4) is 0 Å². The van der Waals surface area contributed by atoms with Crippen LogP contribution in [0.4, 0.5) is 18.9 Å². The van der Waals surface area contributed by atoms with Gasteiger partial charge >= 0.3 is 12.1 Å². The summed E-state index contributed by atoms with van der Waals surface area (Å²) >= 11 is 0. The minimum Gasteiger partial charge on any atom is -0.478 e. The standard InChI is InChI=1S/C15H10F3NO5/c16-15(17,18)11-6-4-9(5-7-11)14-22-19(24-23-14)12-3-1-2-10(8-12)13(20)21/h1-8,14H,(H,20,21). The van der Waals surface area contributed by atoms with E-state index in [0.717, 1.165) is 17.4 Å². The molecule has 0 saturated carbocycles. The molecule has 0 amide bonds. The predicted molar refractivity (Wildman–Crippen MR) is 73.3 cm³/mol.